The average Bonchev–Trinajstić information content (AvgIpc) is 2.78. The van der Waals surface area contributed by atoms with E-state index in [1.54, 1.807) is 6.07 Å². The van der Waals surface area contributed by atoms with Crippen molar-refractivity contribution in [3.8, 4) is 0 Å². The van der Waals surface area contributed by atoms with Crippen LogP contribution >= 0.6 is 15.9 Å². The summed E-state index contributed by atoms with van der Waals surface area (Å²) >= 11 is 3.52. The van der Waals surface area contributed by atoms with Crippen molar-refractivity contribution >= 4 is 39.2 Å². The molecule has 0 aliphatic carbocycles. The summed E-state index contributed by atoms with van der Waals surface area (Å²) in [5, 5.41) is 3.76. The number of rotatable bonds is 5. The van der Waals surface area contributed by atoms with E-state index in [-0.39, 0.29) is 0 Å². The van der Waals surface area contributed by atoms with Crippen molar-refractivity contribution in [1.82, 2.24) is 9.88 Å². The first-order valence-corrected chi connectivity index (χ1v) is 8.30. The highest BCUT2D eigenvalue weighted by molar-refractivity contribution is 9.10. The van der Waals surface area contributed by atoms with Gasteiger partial charge in [-0.25, -0.2) is 4.79 Å². The molecule has 0 unspecified atom stereocenters. The zero-order chi connectivity index (χ0) is 17.0. The number of benzene rings is 1. The van der Waals surface area contributed by atoms with E-state index in [0.29, 0.717) is 12.1 Å². The Kier molecular flexibility index (Phi) is 5.46. The maximum absolute atomic E-state index is 11.6. The number of aromatic nitrogens is 1. The highest BCUT2D eigenvalue weighted by Gasteiger charge is 2.15. The summed E-state index contributed by atoms with van der Waals surface area (Å²) < 4.78 is 8.25. The second-order valence-electron chi connectivity index (χ2n) is 6.35. The highest BCUT2D eigenvalue weighted by Crippen LogP contribution is 2.27. The molecular weight excluding hydrogens is 360 g/mol. The molecular formula is C17H21BrN2O3. The number of aryl methyl sites for hydroxylation is 1. The van der Waals surface area contributed by atoms with Gasteiger partial charge in [0.05, 0.1) is 0 Å². The van der Waals surface area contributed by atoms with Gasteiger partial charge in [0.1, 0.15) is 11.9 Å². The van der Waals surface area contributed by atoms with Crippen molar-refractivity contribution in [2.45, 2.75) is 39.3 Å². The SMILES string of the molecule is CC(C)(C)OC(=O)NCCCn1cc(Br)c2cc(C=O)ccc21. The van der Waals surface area contributed by atoms with Crippen LogP contribution in [-0.4, -0.2) is 29.1 Å². The largest absolute Gasteiger partial charge is 0.444 e. The fraction of sp³-hybridized carbons (Fsp3) is 0.412. The molecule has 1 amide bonds. The molecule has 1 heterocycles. The highest BCUT2D eigenvalue weighted by atomic mass is 79.9. The number of nitrogens with zero attached hydrogens (tertiary/aromatic N) is 1. The number of halogens is 1. The van der Waals surface area contributed by atoms with Gasteiger partial charge in [0, 0.05) is 40.2 Å². The van der Waals surface area contributed by atoms with Crippen LogP contribution in [0.25, 0.3) is 10.9 Å². The number of hydrogen-bond acceptors (Lipinski definition) is 3. The lowest BCUT2D eigenvalue weighted by molar-refractivity contribution is 0.0526. The van der Waals surface area contributed by atoms with E-state index in [2.05, 4.69) is 25.8 Å². The molecule has 6 heteroatoms. The van der Waals surface area contributed by atoms with Gasteiger partial charge in [0.15, 0.2) is 0 Å². The molecule has 1 aromatic heterocycles. The Morgan fingerprint density at radius 1 is 1.39 bits per heavy atom. The molecule has 0 spiro atoms. The standard InChI is InChI=1S/C17H21BrN2O3/c1-17(2,3)23-16(22)19-7-4-8-20-10-14(18)13-9-12(11-21)5-6-15(13)20/h5-6,9-11H,4,7-8H2,1-3H3,(H,19,22). The molecule has 2 aromatic rings. The summed E-state index contributed by atoms with van der Waals surface area (Å²) in [6.07, 6.45) is 3.22. The average molecular weight is 381 g/mol. The van der Waals surface area contributed by atoms with Crippen LogP contribution < -0.4 is 5.32 Å². The first-order valence-electron chi connectivity index (χ1n) is 7.50. The minimum absolute atomic E-state index is 0.397. The molecule has 1 N–H and O–H groups in total. The molecule has 23 heavy (non-hydrogen) atoms. The summed E-state index contributed by atoms with van der Waals surface area (Å²) in [5.41, 5.74) is 1.23. The topological polar surface area (TPSA) is 60.3 Å². The monoisotopic (exact) mass is 380 g/mol. The minimum Gasteiger partial charge on any atom is -0.444 e. The van der Waals surface area contributed by atoms with Crippen molar-refractivity contribution in [3.63, 3.8) is 0 Å². The van der Waals surface area contributed by atoms with E-state index in [9.17, 15) is 9.59 Å². The smallest absolute Gasteiger partial charge is 0.407 e. The third kappa shape index (κ3) is 4.82. The maximum Gasteiger partial charge on any atom is 0.407 e. The Balaban J connectivity index is 1.93. The van der Waals surface area contributed by atoms with Gasteiger partial charge < -0.3 is 14.6 Å². The molecule has 0 saturated heterocycles. The lowest BCUT2D eigenvalue weighted by Gasteiger charge is -2.19. The number of fused-ring (bicyclic) bond motifs is 1. The van der Waals surface area contributed by atoms with Gasteiger partial charge in [-0.15, -0.1) is 0 Å². The lowest BCUT2D eigenvalue weighted by atomic mass is 10.2. The number of alkyl carbamates (subject to hydrolysis) is 1. The first-order chi connectivity index (χ1) is 10.8. The number of hydrogen-bond donors (Lipinski definition) is 1. The van der Waals surface area contributed by atoms with Crippen LogP contribution in [0.1, 0.15) is 37.6 Å². The van der Waals surface area contributed by atoms with Gasteiger partial charge in [-0.2, -0.15) is 0 Å². The number of carbonyl (C=O) groups excluding carboxylic acids is 2. The second-order valence-corrected chi connectivity index (χ2v) is 7.20. The fourth-order valence-corrected chi connectivity index (χ4v) is 2.85. The molecule has 124 valence electrons. The van der Waals surface area contributed by atoms with E-state index >= 15 is 0 Å². The van der Waals surface area contributed by atoms with E-state index in [0.717, 1.165) is 34.6 Å². The van der Waals surface area contributed by atoms with Gasteiger partial charge in [0.25, 0.3) is 0 Å². The Labute approximate surface area is 144 Å². The van der Waals surface area contributed by atoms with Crippen molar-refractivity contribution in [2.24, 2.45) is 0 Å². The molecule has 0 atom stereocenters. The van der Waals surface area contributed by atoms with Crippen LogP contribution in [0.3, 0.4) is 0 Å². The number of ether oxygens (including phenoxy) is 1. The van der Waals surface area contributed by atoms with Crippen LogP contribution in [0.2, 0.25) is 0 Å². The zero-order valence-electron chi connectivity index (χ0n) is 13.6. The minimum atomic E-state index is -0.484. The van der Waals surface area contributed by atoms with Crippen molar-refractivity contribution in [3.05, 3.63) is 34.4 Å². The third-order valence-corrected chi connectivity index (χ3v) is 3.87. The van der Waals surface area contributed by atoms with E-state index < -0.39 is 11.7 Å². The summed E-state index contributed by atoms with van der Waals surface area (Å²) in [6.45, 7) is 6.81. The Hall–Kier alpha value is -1.82. The van der Waals surface area contributed by atoms with E-state index in [4.69, 9.17) is 4.74 Å². The summed E-state index contributed by atoms with van der Waals surface area (Å²) in [4.78, 5) is 22.4. The van der Waals surface area contributed by atoms with Crippen LogP contribution in [0.5, 0.6) is 0 Å². The van der Waals surface area contributed by atoms with Gasteiger partial charge >= 0.3 is 6.09 Å². The Bertz CT molecular complexity index is 716. The van der Waals surface area contributed by atoms with E-state index in [1.165, 1.54) is 0 Å². The van der Waals surface area contributed by atoms with Gasteiger partial charge in [-0.05, 0) is 61.3 Å². The molecule has 0 fully saturated rings. The first kappa shape index (κ1) is 17.5. The number of carbonyl (C=O) groups is 2. The van der Waals surface area contributed by atoms with Crippen LogP contribution in [-0.2, 0) is 11.3 Å². The van der Waals surface area contributed by atoms with Gasteiger partial charge in [0.2, 0.25) is 0 Å². The zero-order valence-corrected chi connectivity index (χ0v) is 15.1. The van der Waals surface area contributed by atoms with Gasteiger partial charge in [-0.1, -0.05) is 0 Å². The Morgan fingerprint density at radius 3 is 2.78 bits per heavy atom. The normalized spacial score (nSPS) is 11.5. The molecule has 1 aromatic carbocycles. The molecule has 0 radical (unpaired) electrons. The fourth-order valence-electron chi connectivity index (χ4n) is 2.28. The summed E-state index contributed by atoms with van der Waals surface area (Å²) in [7, 11) is 0. The van der Waals surface area contributed by atoms with E-state index in [1.807, 2.05) is 39.1 Å². The number of amides is 1. The molecule has 0 bridgehead atoms. The predicted molar refractivity (Wildman–Crippen MR) is 93.9 cm³/mol. The summed E-state index contributed by atoms with van der Waals surface area (Å²) in [6, 6.07) is 5.60. The van der Waals surface area contributed by atoms with Crippen molar-refractivity contribution in [2.75, 3.05) is 6.54 Å². The maximum atomic E-state index is 11.6. The van der Waals surface area contributed by atoms with Crippen LogP contribution in [0, 0.1) is 0 Å². The van der Waals surface area contributed by atoms with Gasteiger partial charge in [-0.3, -0.25) is 4.79 Å². The van der Waals surface area contributed by atoms with Crippen molar-refractivity contribution < 1.29 is 14.3 Å². The van der Waals surface area contributed by atoms with Crippen LogP contribution in [0.15, 0.2) is 28.9 Å². The van der Waals surface area contributed by atoms with Crippen molar-refractivity contribution in [1.29, 1.82) is 0 Å². The molecule has 5 nitrogen and oxygen atoms in total. The lowest BCUT2D eigenvalue weighted by Crippen LogP contribution is -2.33. The molecule has 2 rings (SSSR count). The number of nitrogens with one attached hydrogen (secondary N) is 1. The van der Waals surface area contributed by atoms with Crippen LogP contribution in [0.4, 0.5) is 4.79 Å². The predicted octanol–water partition coefficient (Wildman–Crippen LogP) is 4.13. The molecule has 0 aliphatic rings. The quantitative estimate of drug-likeness (QED) is 0.626. The Morgan fingerprint density at radius 2 is 2.13 bits per heavy atom. The molecule has 0 saturated carbocycles. The number of aldehydes is 1. The second kappa shape index (κ2) is 7.17. The molecule has 0 aliphatic heterocycles. The third-order valence-electron chi connectivity index (χ3n) is 3.24. The summed E-state index contributed by atoms with van der Waals surface area (Å²) in [5.74, 6) is 0.